The number of carboxylic acid groups (broad SMARTS) is 1. The number of imidazole rings is 2. The second-order valence-corrected chi connectivity index (χ2v) is 9.59. The largest absolute Gasteiger partial charge is 0.480 e. The van der Waals surface area contributed by atoms with Crippen molar-refractivity contribution in [2.45, 2.75) is 56.3 Å². The van der Waals surface area contributed by atoms with E-state index in [-0.39, 0.29) is 18.7 Å². The van der Waals surface area contributed by atoms with E-state index < -0.39 is 42.0 Å². The highest BCUT2D eigenvalue weighted by atomic mass is 32.2. The van der Waals surface area contributed by atoms with Crippen molar-refractivity contribution in [3.63, 3.8) is 0 Å². The predicted octanol–water partition coefficient (Wildman–Crippen LogP) is -0.956. The van der Waals surface area contributed by atoms with Crippen LogP contribution in [0.15, 0.2) is 25.0 Å². The molecule has 7 N–H and O–H groups in total. The van der Waals surface area contributed by atoms with Crippen molar-refractivity contribution in [2.75, 3.05) is 18.6 Å². The molecule has 13 nitrogen and oxygen atoms in total. The lowest BCUT2D eigenvalue weighted by Crippen LogP contribution is -2.57. The lowest BCUT2D eigenvalue weighted by molar-refractivity contribution is -0.145. The van der Waals surface area contributed by atoms with E-state index in [0.29, 0.717) is 42.9 Å². The zero-order valence-corrected chi connectivity index (χ0v) is 20.8. The molecule has 1 aliphatic rings. The van der Waals surface area contributed by atoms with Crippen molar-refractivity contribution in [1.82, 2.24) is 35.5 Å². The van der Waals surface area contributed by atoms with Crippen LogP contribution in [0.4, 0.5) is 0 Å². The summed E-state index contributed by atoms with van der Waals surface area (Å²) in [5.74, 6) is -1.98. The van der Waals surface area contributed by atoms with Gasteiger partial charge in [-0.25, -0.2) is 14.8 Å². The fraction of sp³-hybridized carbons (Fsp3) is 0.545. The predicted molar refractivity (Wildman–Crippen MR) is 132 cm³/mol. The summed E-state index contributed by atoms with van der Waals surface area (Å²) < 4.78 is 0. The van der Waals surface area contributed by atoms with Crippen LogP contribution in [0.25, 0.3) is 0 Å². The third-order valence-corrected chi connectivity index (χ3v) is 6.63. The summed E-state index contributed by atoms with van der Waals surface area (Å²) in [5.41, 5.74) is 7.30. The van der Waals surface area contributed by atoms with E-state index in [4.69, 9.17) is 5.73 Å². The normalized spacial score (nSPS) is 17.8. The number of nitrogens with zero attached hydrogens (tertiary/aromatic N) is 3. The zero-order valence-electron chi connectivity index (χ0n) is 20.0. The number of amides is 3. The standard InChI is InChI=1S/C22H32N8O5S/c1-36-6-4-16(28-19(31)15(23)7-13-9-24-11-26-13)21(33)30-5-2-3-18(30)20(32)29-17(22(34)35)8-14-10-25-12-27-14/h9-12,15-18H,2-8,23H2,1H3,(H,24,26)(H,25,27)(H,28,31)(H,29,32)(H,34,35). The summed E-state index contributed by atoms with van der Waals surface area (Å²) in [5, 5.41) is 14.9. The Balaban J connectivity index is 1.65. The van der Waals surface area contributed by atoms with E-state index in [9.17, 15) is 24.3 Å². The molecule has 196 valence electrons. The summed E-state index contributed by atoms with van der Waals surface area (Å²) in [4.78, 5) is 65.9. The highest BCUT2D eigenvalue weighted by Crippen LogP contribution is 2.20. The van der Waals surface area contributed by atoms with Gasteiger partial charge in [-0.1, -0.05) is 0 Å². The number of rotatable bonds is 13. The van der Waals surface area contributed by atoms with E-state index in [1.54, 1.807) is 6.20 Å². The molecule has 2 aromatic rings. The molecule has 3 heterocycles. The number of carbonyl (C=O) groups excluding carboxylic acids is 3. The van der Waals surface area contributed by atoms with Crippen LogP contribution in [-0.2, 0) is 32.0 Å². The molecule has 4 atom stereocenters. The van der Waals surface area contributed by atoms with Crippen LogP contribution >= 0.6 is 11.8 Å². The minimum absolute atomic E-state index is 0.0301. The summed E-state index contributed by atoms with van der Waals surface area (Å²) in [6.07, 6.45) is 9.50. The highest BCUT2D eigenvalue weighted by Gasteiger charge is 2.39. The molecule has 0 saturated carbocycles. The number of nitrogens with one attached hydrogen (secondary N) is 4. The number of thioether (sulfide) groups is 1. The van der Waals surface area contributed by atoms with Crippen LogP contribution < -0.4 is 16.4 Å². The van der Waals surface area contributed by atoms with E-state index >= 15 is 0 Å². The van der Waals surface area contributed by atoms with E-state index in [1.165, 1.54) is 35.5 Å². The number of carbonyl (C=O) groups is 4. The maximum atomic E-state index is 13.5. The first kappa shape index (κ1) is 27.2. The number of nitrogens with two attached hydrogens (primary N) is 1. The van der Waals surface area contributed by atoms with E-state index in [2.05, 4.69) is 30.6 Å². The van der Waals surface area contributed by atoms with Crippen molar-refractivity contribution < 1.29 is 24.3 Å². The summed E-state index contributed by atoms with van der Waals surface area (Å²) >= 11 is 1.53. The molecule has 0 aromatic carbocycles. The van der Waals surface area contributed by atoms with Gasteiger partial charge in [0.05, 0.1) is 18.7 Å². The van der Waals surface area contributed by atoms with E-state index in [0.717, 1.165) is 0 Å². The molecule has 2 aromatic heterocycles. The number of aliphatic carboxylic acids is 1. The van der Waals surface area contributed by atoms with Crippen molar-refractivity contribution in [1.29, 1.82) is 0 Å². The Hall–Kier alpha value is -3.39. The smallest absolute Gasteiger partial charge is 0.326 e. The van der Waals surface area contributed by atoms with Crippen molar-refractivity contribution in [2.24, 2.45) is 5.73 Å². The monoisotopic (exact) mass is 520 g/mol. The van der Waals surface area contributed by atoms with Gasteiger partial charge in [-0.3, -0.25) is 14.4 Å². The van der Waals surface area contributed by atoms with Crippen LogP contribution in [0.2, 0.25) is 0 Å². The first-order chi connectivity index (χ1) is 17.3. The minimum atomic E-state index is -1.19. The maximum absolute atomic E-state index is 13.5. The summed E-state index contributed by atoms with van der Waals surface area (Å²) in [6, 6.07) is -3.74. The second kappa shape index (κ2) is 13.1. The molecule has 0 spiro atoms. The molecular weight excluding hydrogens is 488 g/mol. The van der Waals surface area contributed by atoms with E-state index in [1.807, 2.05) is 6.26 Å². The zero-order chi connectivity index (χ0) is 26.1. The number of aromatic amines is 2. The van der Waals surface area contributed by atoms with Gasteiger partial charge < -0.3 is 36.3 Å². The number of hydrogen-bond acceptors (Lipinski definition) is 8. The molecule has 0 aliphatic carbocycles. The van der Waals surface area contributed by atoms with Crippen molar-refractivity contribution in [3.8, 4) is 0 Å². The Morgan fingerprint density at radius 2 is 1.81 bits per heavy atom. The number of hydrogen-bond donors (Lipinski definition) is 6. The lowest BCUT2D eigenvalue weighted by atomic mass is 10.1. The molecule has 3 rings (SSSR count). The molecule has 1 fully saturated rings. The van der Waals surface area contributed by atoms with Gasteiger partial charge in [0.2, 0.25) is 17.7 Å². The Morgan fingerprint density at radius 1 is 1.14 bits per heavy atom. The molecule has 14 heteroatoms. The van der Waals surface area contributed by atoms with Crippen LogP contribution in [-0.4, -0.2) is 96.4 Å². The topological polar surface area (TPSA) is 199 Å². The Bertz CT molecular complexity index is 1020. The number of carboxylic acids is 1. The Labute approximate surface area is 212 Å². The quantitative estimate of drug-likeness (QED) is 0.192. The van der Waals surface area contributed by atoms with Crippen LogP contribution in [0.5, 0.6) is 0 Å². The van der Waals surface area contributed by atoms with Gasteiger partial charge in [-0.15, -0.1) is 0 Å². The minimum Gasteiger partial charge on any atom is -0.480 e. The van der Waals surface area contributed by atoms with Gasteiger partial charge in [0.15, 0.2) is 0 Å². The van der Waals surface area contributed by atoms with Gasteiger partial charge in [-0.2, -0.15) is 11.8 Å². The molecule has 0 radical (unpaired) electrons. The maximum Gasteiger partial charge on any atom is 0.326 e. The third-order valence-electron chi connectivity index (χ3n) is 5.99. The fourth-order valence-corrected chi connectivity index (χ4v) is 4.56. The van der Waals surface area contributed by atoms with Gasteiger partial charge in [0.25, 0.3) is 0 Å². The van der Waals surface area contributed by atoms with Gasteiger partial charge in [0, 0.05) is 43.2 Å². The molecule has 4 unspecified atom stereocenters. The number of aromatic nitrogens is 4. The lowest BCUT2D eigenvalue weighted by Gasteiger charge is -2.30. The third kappa shape index (κ3) is 7.31. The summed E-state index contributed by atoms with van der Waals surface area (Å²) in [6.45, 7) is 0.334. The van der Waals surface area contributed by atoms with Crippen LogP contribution in [0.3, 0.4) is 0 Å². The Morgan fingerprint density at radius 3 is 2.39 bits per heavy atom. The van der Waals surface area contributed by atoms with Crippen molar-refractivity contribution in [3.05, 3.63) is 36.4 Å². The van der Waals surface area contributed by atoms with Crippen molar-refractivity contribution >= 4 is 35.5 Å². The molecule has 36 heavy (non-hydrogen) atoms. The van der Waals surface area contributed by atoms with Gasteiger partial charge in [-0.05, 0) is 31.3 Å². The first-order valence-corrected chi connectivity index (χ1v) is 13.0. The van der Waals surface area contributed by atoms with Crippen LogP contribution in [0.1, 0.15) is 30.7 Å². The molecule has 3 amide bonds. The SMILES string of the molecule is CSCCC(NC(=O)C(N)Cc1cnc[nH]1)C(=O)N1CCCC1C(=O)NC(Cc1cnc[nH]1)C(=O)O. The fourth-order valence-electron chi connectivity index (χ4n) is 4.09. The van der Waals surface area contributed by atoms with Gasteiger partial charge >= 0.3 is 5.97 Å². The average Bonchev–Trinajstić information content (AvgIpc) is 3.63. The van der Waals surface area contributed by atoms with Crippen LogP contribution in [0, 0.1) is 0 Å². The number of likely N-dealkylation sites (tertiary alicyclic amines) is 1. The Kier molecular flexibility index (Phi) is 9.87. The highest BCUT2D eigenvalue weighted by molar-refractivity contribution is 7.98. The summed E-state index contributed by atoms with van der Waals surface area (Å²) in [7, 11) is 0. The second-order valence-electron chi connectivity index (χ2n) is 8.60. The molecule has 1 aliphatic heterocycles. The molecular formula is C22H32N8O5S. The first-order valence-electron chi connectivity index (χ1n) is 11.6. The van der Waals surface area contributed by atoms with Gasteiger partial charge in [0.1, 0.15) is 18.1 Å². The average molecular weight is 521 g/mol. The molecule has 0 bridgehead atoms. The molecule has 1 saturated heterocycles. The number of H-pyrrole nitrogens is 2.